The van der Waals surface area contributed by atoms with Crippen molar-refractivity contribution in [2.24, 2.45) is 24.3 Å². The predicted molar refractivity (Wildman–Crippen MR) is 85.7 cm³/mol. The molecule has 1 aliphatic rings. The number of fused-ring (bicyclic) bond motifs is 1. The van der Waals surface area contributed by atoms with Crippen molar-refractivity contribution in [3.05, 3.63) is 29.6 Å². The fourth-order valence-electron chi connectivity index (χ4n) is 3.38. The molecule has 2 aromatic rings. The SMILES string of the molecule is Cc1ccc2c(c1)nc(CNC(=O)[C@@H]1[C@H](C(=O)O)C1(C)C)n2C. The van der Waals surface area contributed by atoms with Crippen LogP contribution >= 0.6 is 0 Å². The number of amides is 1. The minimum Gasteiger partial charge on any atom is -0.481 e. The van der Waals surface area contributed by atoms with Gasteiger partial charge in [-0.3, -0.25) is 9.59 Å². The molecule has 3 rings (SSSR count). The van der Waals surface area contributed by atoms with E-state index < -0.39 is 23.2 Å². The van der Waals surface area contributed by atoms with Crippen LogP contribution in [-0.4, -0.2) is 26.5 Å². The molecule has 1 saturated carbocycles. The number of benzene rings is 1. The van der Waals surface area contributed by atoms with Crippen LogP contribution in [0.5, 0.6) is 0 Å². The Morgan fingerprint density at radius 2 is 2.04 bits per heavy atom. The van der Waals surface area contributed by atoms with Gasteiger partial charge in [-0.05, 0) is 30.0 Å². The molecule has 1 aromatic heterocycles. The Balaban J connectivity index is 1.73. The van der Waals surface area contributed by atoms with Gasteiger partial charge in [0, 0.05) is 7.05 Å². The summed E-state index contributed by atoms with van der Waals surface area (Å²) in [7, 11) is 1.91. The molecule has 1 aliphatic carbocycles. The van der Waals surface area contributed by atoms with Gasteiger partial charge in [-0.25, -0.2) is 4.98 Å². The third kappa shape index (κ3) is 2.48. The van der Waals surface area contributed by atoms with Gasteiger partial charge in [0.05, 0.1) is 29.4 Å². The number of aromatic nitrogens is 2. The number of nitrogens with one attached hydrogen (secondary N) is 1. The van der Waals surface area contributed by atoms with Crippen molar-refractivity contribution in [1.82, 2.24) is 14.9 Å². The van der Waals surface area contributed by atoms with Crippen molar-refractivity contribution in [1.29, 1.82) is 0 Å². The van der Waals surface area contributed by atoms with Gasteiger partial charge < -0.3 is 15.0 Å². The lowest BCUT2D eigenvalue weighted by Gasteiger charge is -2.06. The average molecular weight is 315 g/mol. The van der Waals surface area contributed by atoms with E-state index in [0.29, 0.717) is 6.54 Å². The normalized spacial score (nSPS) is 22.1. The Kier molecular flexibility index (Phi) is 3.43. The van der Waals surface area contributed by atoms with Gasteiger partial charge in [0.1, 0.15) is 5.82 Å². The highest BCUT2D eigenvalue weighted by Crippen LogP contribution is 2.58. The van der Waals surface area contributed by atoms with Crippen molar-refractivity contribution in [2.75, 3.05) is 0 Å². The lowest BCUT2D eigenvalue weighted by Crippen LogP contribution is -2.28. The van der Waals surface area contributed by atoms with Crippen molar-refractivity contribution in [2.45, 2.75) is 27.3 Å². The molecule has 1 fully saturated rings. The first-order valence-corrected chi connectivity index (χ1v) is 7.66. The summed E-state index contributed by atoms with van der Waals surface area (Å²) >= 11 is 0. The van der Waals surface area contributed by atoms with E-state index in [-0.39, 0.29) is 5.91 Å². The maximum atomic E-state index is 12.3. The molecule has 6 heteroatoms. The zero-order valence-corrected chi connectivity index (χ0v) is 13.8. The van der Waals surface area contributed by atoms with Crippen LogP contribution < -0.4 is 5.32 Å². The summed E-state index contributed by atoms with van der Waals surface area (Å²) in [6.07, 6.45) is 0. The topological polar surface area (TPSA) is 84.2 Å². The van der Waals surface area contributed by atoms with Crippen LogP contribution in [0.4, 0.5) is 0 Å². The average Bonchev–Trinajstić information content (AvgIpc) is 2.92. The van der Waals surface area contributed by atoms with Crippen molar-refractivity contribution < 1.29 is 14.7 Å². The molecule has 2 atom stereocenters. The number of aryl methyl sites for hydroxylation is 2. The number of hydrogen-bond acceptors (Lipinski definition) is 3. The van der Waals surface area contributed by atoms with Crippen LogP contribution in [0.2, 0.25) is 0 Å². The number of nitrogens with zero attached hydrogens (tertiary/aromatic N) is 2. The van der Waals surface area contributed by atoms with E-state index in [4.69, 9.17) is 5.11 Å². The first kappa shape index (κ1) is 15.5. The first-order valence-electron chi connectivity index (χ1n) is 7.66. The fraction of sp³-hybridized carbons (Fsp3) is 0.471. The molecule has 23 heavy (non-hydrogen) atoms. The fourth-order valence-corrected chi connectivity index (χ4v) is 3.38. The number of rotatable bonds is 4. The number of imidazole rings is 1. The lowest BCUT2D eigenvalue weighted by molar-refractivity contribution is -0.140. The van der Waals surface area contributed by atoms with Crippen molar-refractivity contribution >= 4 is 22.9 Å². The van der Waals surface area contributed by atoms with Gasteiger partial charge in [-0.15, -0.1) is 0 Å². The molecule has 1 aromatic carbocycles. The third-order valence-electron chi connectivity index (χ3n) is 4.93. The highest BCUT2D eigenvalue weighted by Gasteiger charge is 2.65. The van der Waals surface area contributed by atoms with E-state index in [1.807, 2.05) is 50.6 Å². The maximum absolute atomic E-state index is 12.3. The summed E-state index contributed by atoms with van der Waals surface area (Å²) in [6.45, 7) is 5.93. The smallest absolute Gasteiger partial charge is 0.307 e. The van der Waals surface area contributed by atoms with Crippen LogP contribution in [0.15, 0.2) is 18.2 Å². The summed E-state index contributed by atoms with van der Waals surface area (Å²) in [4.78, 5) is 28.0. The first-order chi connectivity index (χ1) is 10.7. The number of hydrogen-bond donors (Lipinski definition) is 2. The highest BCUT2D eigenvalue weighted by atomic mass is 16.4. The van der Waals surface area contributed by atoms with Gasteiger partial charge in [0.15, 0.2) is 0 Å². The summed E-state index contributed by atoms with van der Waals surface area (Å²) in [6, 6.07) is 6.04. The van der Waals surface area contributed by atoms with E-state index in [0.717, 1.165) is 22.4 Å². The minimum atomic E-state index is -0.909. The van der Waals surface area contributed by atoms with Crippen LogP contribution in [0.3, 0.4) is 0 Å². The predicted octanol–water partition coefficient (Wildman–Crippen LogP) is 1.85. The summed E-state index contributed by atoms with van der Waals surface area (Å²) in [5, 5.41) is 12.0. The van der Waals surface area contributed by atoms with Gasteiger partial charge in [0.25, 0.3) is 0 Å². The van der Waals surface area contributed by atoms with Gasteiger partial charge in [-0.2, -0.15) is 0 Å². The van der Waals surface area contributed by atoms with E-state index in [9.17, 15) is 9.59 Å². The molecule has 0 bridgehead atoms. The Hall–Kier alpha value is -2.37. The molecular weight excluding hydrogens is 294 g/mol. The standard InChI is InChI=1S/C17H21N3O3/c1-9-5-6-11-10(7-9)19-12(20(11)4)8-18-15(21)13-14(16(22)23)17(13,2)3/h5-7,13-14H,8H2,1-4H3,(H,18,21)(H,22,23)/t13-,14+/m0/s1. The molecule has 0 saturated heterocycles. The summed E-state index contributed by atoms with van der Waals surface area (Å²) in [5.74, 6) is -1.45. The second-order valence-electron chi connectivity index (χ2n) is 6.91. The van der Waals surface area contributed by atoms with Crippen LogP contribution in [0.25, 0.3) is 11.0 Å². The Morgan fingerprint density at radius 1 is 1.35 bits per heavy atom. The third-order valence-corrected chi connectivity index (χ3v) is 4.93. The molecule has 0 radical (unpaired) electrons. The molecular formula is C17H21N3O3. The van der Waals surface area contributed by atoms with Crippen LogP contribution in [0.1, 0.15) is 25.2 Å². The van der Waals surface area contributed by atoms with E-state index >= 15 is 0 Å². The largest absolute Gasteiger partial charge is 0.481 e. The number of carbonyl (C=O) groups is 2. The van der Waals surface area contributed by atoms with Crippen molar-refractivity contribution in [3.8, 4) is 0 Å². The molecule has 0 aliphatic heterocycles. The molecule has 1 amide bonds. The van der Waals surface area contributed by atoms with E-state index in [1.165, 1.54) is 0 Å². The molecule has 122 valence electrons. The minimum absolute atomic E-state index is 0.217. The second kappa shape index (κ2) is 5.08. The van der Waals surface area contributed by atoms with Gasteiger partial charge in [-0.1, -0.05) is 19.9 Å². The Bertz CT molecular complexity index is 807. The molecule has 1 heterocycles. The molecule has 0 unspecified atom stereocenters. The molecule has 2 N–H and O–H groups in total. The highest BCUT2D eigenvalue weighted by molar-refractivity contribution is 5.91. The van der Waals surface area contributed by atoms with Crippen molar-refractivity contribution in [3.63, 3.8) is 0 Å². The number of aliphatic carboxylic acids is 1. The van der Waals surface area contributed by atoms with Crippen LogP contribution in [0, 0.1) is 24.2 Å². The Morgan fingerprint density at radius 3 is 2.65 bits per heavy atom. The summed E-state index contributed by atoms with van der Waals surface area (Å²) in [5.41, 5.74) is 2.55. The quantitative estimate of drug-likeness (QED) is 0.902. The zero-order valence-electron chi connectivity index (χ0n) is 13.8. The number of carbonyl (C=O) groups excluding carboxylic acids is 1. The van der Waals surface area contributed by atoms with Gasteiger partial charge in [0.2, 0.25) is 5.91 Å². The number of carboxylic acid groups (broad SMARTS) is 1. The van der Waals surface area contributed by atoms with E-state index in [1.54, 1.807) is 0 Å². The molecule has 6 nitrogen and oxygen atoms in total. The maximum Gasteiger partial charge on any atom is 0.307 e. The second-order valence-corrected chi connectivity index (χ2v) is 6.91. The zero-order chi connectivity index (χ0) is 16.9. The summed E-state index contributed by atoms with van der Waals surface area (Å²) < 4.78 is 1.95. The molecule has 0 spiro atoms. The monoisotopic (exact) mass is 315 g/mol. The van der Waals surface area contributed by atoms with E-state index in [2.05, 4.69) is 10.3 Å². The number of carboxylic acids is 1. The Labute approximate surface area is 134 Å². The van der Waals surface area contributed by atoms with Gasteiger partial charge >= 0.3 is 5.97 Å². The lowest BCUT2D eigenvalue weighted by atomic mass is 10.1. The van der Waals surface area contributed by atoms with Crippen LogP contribution in [-0.2, 0) is 23.2 Å².